The van der Waals surface area contributed by atoms with Crippen molar-refractivity contribution in [2.24, 2.45) is 14.1 Å². The summed E-state index contributed by atoms with van der Waals surface area (Å²) in [5, 5.41) is -0.238. The first-order chi connectivity index (χ1) is 14.5. The van der Waals surface area contributed by atoms with E-state index in [1.165, 1.54) is 21.0 Å². The Morgan fingerprint density at radius 2 is 1.74 bits per heavy atom. The zero-order chi connectivity index (χ0) is 23.5. The van der Waals surface area contributed by atoms with E-state index in [1.807, 2.05) is 0 Å². The van der Waals surface area contributed by atoms with Gasteiger partial charge in [0.1, 0.15) is 11.6 Å². The Balaban J connectivity index is 2.53. The molecule has 10 nitrogen and oxygen atoms in total. The first kappa shape index (κ1) is 24.3. The lowest BCUT2D eigenvalue weighted by atomic mass is 10.2. The standard InChI is InChI=1S/C18H19ClFN3O7S/c1-5-12(14(24)30-18(27)28-6-2)29-13-8-11(10(20)7-9(13)19)23-15(25)21(3)17(31)22(4)16(23)26/h7-8,12H,5-6H2,1-4H3. The SMILES string of the molecule is CCOC(=O)OC(=O)C(CC)Oc1cc(-n2c(=O)n(C)c(=S)n(C)c2=O)c(F)cc1Cl. The van der Waals surface area contributed by atoms with Crippen LogP contribution >= 0.6 is 23.8 Å². The molecule has 0 saturated carbocycles. The Morgan fingerprint density at radius 1 is 1.16 bits per heavy atom. The van der Waals surface area contributed by atoms with Crippen molar-refractivity contribution in [1.82, 2.24) is 13.7 Å². The van der Waals surface area contributed by atoms with Crippen molar-refractivity contribution in [3.05, 3.63) is 48.7 Å². The summed E-state index contributed by atoms with van der Waals surface area (Å²) in [6, 6.07) is 1.81. The van der Waals surface area contributed by atoms with E-state index in [4.69, 9.17) is 28.6 Å². The summed E-state index contributed by atoms with van der Waals surface area (Å²) in [5.41, 5.74) is -2.26. The number of rotatable bonds is 6. The minimum absolute atomic E-state index is 0.00112. The molecule has 1 unspecified atom stereocenters. The van der Waals surface area contributed by atoms with Gasteiger partial charge in [0.2, 0.25) is 0 Å². The monoisotopic (exact) mass is 475 g/mol. The van der Waals surface area contributed by atoms with E-state index in [-0.39, 0.29) is 28.6 Å². The predicted octanol–water partition coefficient (Wildman–Crippen LogP) is 2.25. The normalized spacial score (nSPS) is 11.7. The second kappa shape index (κ2) is 9.88. The molecule has 0 bridgehead atoms. The number of carbonyl (C=O) groups excluding carboxylic acids is 2. The van der Waals surface area contributed by atoms with Gasteiger partial charge in [0.05, 0.1) is 17.3 Å². The number of aromatic nitrogens is 3. The number of benzene rings is 1. The van der Waals surface area contributed by atoms with Crippen LogP contribution in [-0.2, 0) is 28.4 Å². The molecule has 1 aromatic heterocycles. The Labute approximate surface area is 185 Å². The summed E-state index contributed by atoms with van der Waals surface area (Å²) in [4.78, 5) is 48.6. The molecule has 1 aromatic carbocycles. The fourth-order valence-corrected chi connectivity index (χ4v) is 2.85. The number of nitrogens with zero attached hydrogens (tertiary/aromatic N) is 3. The van der Waals surface area contributed by atoms with E-state index in [0.29, 0.717) is 4.57 Å². The lowest BCUT2D eigenvalue weighted by Gasteiger charge is -2.18. The molecule has 0 fully saturated rings. The predicted molar refractivity (Wildman–Crippen MR) is 110 cm³/mol. The second-order valence-electron chi connectivity index (χ2n) is 6.15. The largest absolute Gasteiger partial charge is 0.516 e. The fourth-order valence-electron chi connectivity index (χ4n) is 2.50. The molecular formula is C18H19ClFN3O7S. The van der Waals surface area contributed by atoms with E-state index in [1.54, 1.807) is 6.92 Å². The molecule has 0 N–H and O–H groups in total. The van der Waals surface area contributed by atoms with Crippen LogP contribution in [0.3, 0.4) is 0 Å². The molecule has 0 aliphatic rings. The van der Waals surface area contributed by atoms with E-state index >= 15 is 0 Å². The Hall–Kier alpha value is -2.99. The molecule has 13 heteroatoms. The Morgan fingerprint density at radius 3 is 2.26 bits per heavy atom. The van der Waals surface area contributed by atoms with Gasteiger partial charge in [0, 0.05) is 20.2 Å². The molecule has 0 radical (unpaired) electrons. The topological polar surface area (TPSA) is 111 Å². The Kier molecular flexibility index (Phi) is 7.74. The van der Waals surface area contributed by atoms with Gasteiger partial charge < -0.3 is 14.2 Å². The first-order valence-electron chi connectivity index (χ1n) is 8.96. The molecule has 0 saturated heterocycles. The average Bonchev–Trinajstić information content (AvgIpc) is 2.71. The van der Waals surface area contributed by atoms with Crippen LogP contribution in [0.2, 0.25) is 5.02 Å². The highest BCUT2D eigenvalue weighted by molar-refractivity contribution is 7.71. The molecule has 1 heterocycles. The number of carbonyl (C=O) groups is 2. The molecule has 168 valence electrons. The fraction of sp³-hybridized carbons (Fsp3) is 0.389. The summed E-state index contributed by atoms with van der Waals surface area (Å²) in [5.74, 6) is -2.27. The summed E-state index contributed by atoms with van der Waals surface area (Å²) in [6.45, 7) is 3.10. The van der Waals surface area contributed by atoms with Gasteiger partial charge in [-0.1, -0.05) is 18.5 Å². The van der Waals surface area contributed by atoms with Gasteiger partial charge in [-0.25, -0.2) is 28.1 Å². The molecule has 1 atom stereocenters. The maximum Gasteiger partial charge on any atom is 0.516 e. The number of hydrogen-bond donors (Lipinski definition) is 0. The van der Waals surface area contributed by atoms with Gasteiger partial charge in [0.25, 0.3) is 0 Å². The molecule has 2 aromatic rings. The second-order valence-corrected chi connectivity index (χ2v) is 6.93. The van der Waals surface area contributed by atoms with E-state index in [9.17, 15) is 23.6 Å². The van der Waals surface area contributed by atoms with Crippen molar-refractivity contribution in [2.75, 3.05) is 6.61 Å². The number of ether oxygens (including phenoxy) is 3. The van der Waals surface area contributed by atoms with Gasteiger partial charge in [-0.2, -0.15) is 0 Å². The number of esters is 1. The van der Waals surface area contributed by atoms with Crippen LogP contribution in [-0.4, -0.2) is 38.5 Å². The van der Waals surface area contributed by atoms with Crippen LogP contribution in [0.1, 0.15) is 20.3 Å². The van der Waals surface area contributed by atoms with Crippen LogP contribution in [0.25, 0.3) is 5.69 Å². The molecular weight excluding hydrogens is 457 g/mol. The van der Waals surface area contributed by atoms with E-state index in [0.717, 1.165) is 21.3 Å². The molecule has 2 rings (SSSR count). The van der Waals surface area contributed by atoms with Crippen LogP contribution in [0.15, 0.2) is 21.7 Å². The van der Waals surface area contributed by atoms with Gasteiger partial charge in [-0.3, -0.25) is 9.13 Å². The third-order valence-electron chi connectivity index (χ3n) is 4.12. The van der Waals surface area contributed by atoms with Crippen molar-refractivity contribution in [3.63, 3.8) is 0 Å². The molecule has 31 heavy (non-hydrogen) atoms. The summed E-state index contributed by atoms with van der Waals surface area (Å²) < 4.78 is 31.6. The number of hydrogen-bond acceptors (Lipinski definition) is 8. The van der Waals surface area contributed by atoms with E-state index in [2.05, 4.69) is 9.47 Å². The molecule has 0 amide bonds. The van der Waals surface area contributed by atoms with Crippen LogP contribution in [0.5, 0.6) is 5.75 Å². The van der Waals surface area contributed by atoms with Gasteiger partial charge >= 0.3 is 23.5 Å². The highest BCUT2D eigenvalue weighted by atomic mass is 35.5. The maximum atomic E-state index is 14.6. The summed E-state index contributed by atoms with van der Waals surface area (Å²) in [6.07, 6.45) is -2.44. The number of halogens is 2. The lowest BCUT2D eigenvalue weighted by Crippen LogP contribution is -2.43. The Bertz CT molecular complexity index is 1160. The van der Waals surface area contributed by atoms with Crippen LogP contribution in [0, 0.1) is 10.6 Å². The highest BCUT2D eigenvalue weighted by Crippen LogP contribution is 2.30. The molecule has 0 spiro atoms. The minimum atomic E-state index is -1.30. The highest BCUT2D eigenvalue weighted by Gasteiger charge is 2.26. The smallest absolute Gasteiger partial charge is 0.477 e. The third kappa shape index (κ3) is 5.02. The zero-order valence-electron chi connectivity index (χ0n) is 17.0. The summed E-state index contributed by atoms with van der Waals surface area (Å²) in [7, 11) is 2.65. The van der Waals surface area contributed by atoms with Crippen LogP contribution in [0.4, 0.5) is 9.18 Å². The van der Waals surface area contributed by atoms with Crippen molar-refractivity contribution in [3.8, 4) is 11.4 Å². The van der Waals surface area contributed by atoms with Crippen LogP contribution < -0.4 is 16.1 Å². The van der Waals surface area contributed by atoms with Crippen molar-refractivity contribution in [2.45, 2.75) is 26.4 Å². The van der Waals surface area contributed by atoms with Crippen molar-refractivity contribution < 1.29 is 28.2 Å². The first-order valence-corrected chi connectivity index (χ1v) is 9.75. The van der Waals surface area contributed by atoms with Gasteiger partial charge in [-0.15, -0.1) is 0 Å². The average molecular weight is 476 g/mol. The van der Waals surface area contributed by atoms with Gasteiger partial charge in [0.15, 0.2) is 10.9 Å². The minimum Gasteiger partial charge on any atom is -0.477 e. The van der Waals surface area contributed by atoms with Crippen molar-refractivity contribution in [1.29, 1.82) is 0 Å². The lowest BCUT2D eigenvalue weighted by molar-refractivity contribution is -0.147. The zero-order valence-corrected chi connectivity index (χ0v) is 18.6. The quantitative estimate of drug-likeness (QED) is 0.355. The molecule has 0 aliphatic heterocycles. The van der Waals surface area contributed by atoms with Gasteiger partial charge in [-0.05, 0) is 31.6 Å². The maximum absolute atomic E-state index is 14.6. The third-order valence-corrected chi connectivity index (χ3v) is 4.96. The molecule has 0 aliphatic carbocycles. The van der Waals surface area contributed by atoms with Crippen molar-refractivity contribution >= 4 is 35.9 Å². The summed E-state index contributed by atoms with van der Waals surface area (Å²) >= 11 is 11.0. The van der Waals surface area contributed by atoms with E-state index < -0.39 is 41.1 Å².